The minimum Gasteiger partial charge on any atom is -0.357 e. The number of nitrogens with zero attached hydrogens (tertiary/aromatic N) is 3. The summed E-state index contributed by atoms with van der Waals surface area (Å²) in [5, 5.41) is 11.2. The van der Waals surface area contributed by atoms with Gasteiger partial charge < -0.3 is 10.6 Å². The summed E-state index contributed by atoms with van der Waals surface area (Å²) in [6.45, 7) is 9.50. The summed E-state index contributed by atoms with van der Waals surface area (Å²) in [5.74, 6) is 0.855. The third-order valence-electron chi connectivity index (χ3n) is 3.62. The van der Waals surface area contributed by atoms with Crippen LogP contribution in [0.5, 0.6) is 0 Å². The number of aryl methyl sites for hydroxylation is 3. The highest BCUT2D eigenvalue weighted by molar-refractivity contribution is 14.0. The second-order valence-corrected chi connectivity index (χ2v) is 6.67. The fourth-order valence-electron chi connectivity index (χ4n) is 2.44. The summed E-state index contributed by atoms with van der Waals surface area (Å²) >= 11 is 3.45. The molecule has 7 heteroatoms. The number of rotatable bonds is 7. The molecule has 2 N–H and O–H groups in total. The third-order valence-corrected chi connectivity index (χ3v) is 4.15. The molecule has 1 aromatic carbocycles. The maximum Gasteiger partial charge on any atom is 0.191 e. The molecule has 0 atom stereocenters. The molecule has 0 fully saturated rings. The van der Waals surface area contributed by atoms with Gasteiger partial charge in [0.15, 0.2) is 5.96 Å². The van der Waals surface area contributed by atoms with E-state index in [2.05, 4.69) is 73.4 Å². The number of hydrogen-bond donors (Lipinski definition) is 2. The summed E-state index contributed by atoms with van der Waals surface area (Å²) in [5.41, 5.74) is 3.48. The van der Waals surface area contributed by atoms with Crippen LogP contribution in [0.3, 0.4) is 0 Å². The molecule has 0 radical (unpaired) electrons. The van der Waals surface area contributed by atoms with Crippen molar-refractivity contribution in [3.63, 3.8) is 0 Å². The summed E-state index contributed by atoms with van der Waals surface area (Å²) in [7, 11) is 0. The van der Waals surface area contributed by atoms with Gasteiger partial charge in [-0.2, -0.15) is 5.10 Å². The van der Waals surface area contributed by atoms with Crippen LogP contribution in [-0.2, 0) is 13.1 Å². The molecule has 5 nitrogen and oxygen atoms in total. The predicted octanol–water partition coefficient (Wildman–Crippen LogP) is 4.03. The highest BCUT2D eigenvalue weighted by Crippen LogP contribution is 2.11. The molecule has 1 aromatic heterocycles. The molecule has 1 heterocycles. The molecular formula is C18H27BrIN5. The van der Waals surface area contributed by atoms with E-state index in [4.69, 9.17) is 0 Å². The van der Waals surface area contributed by atoms with Gasteiger partial charge in [0.1, 0.15) is 0 Å². The number of halogens is 2. The van der Waals surface area contributed by atoms with Crippen LogP contribution in [0.15, 0.2) is 39.8 Å². The maximum absolute atomic E-state index is 4.64. The molecule has 0 bridgehead atoms. The summed E-state index contributed by atoms with van der Waals surface area (Å²) in [4.78, 5) is 4.64. The first kappa shape index (κ1) is 22.0. The van der Waals surface area contributed by atoms with Crippen molar-refractivity contribution in [2.45, 2.75) is 40.3 Å². The van der Waals surface area contributed by atoms with Gasteiger partial charge in [-0.3, -0.25) is 4.68 Å². The van der Waals surface area contributed by atoms with E-state index in [1.165, 1.54) is 11.3 Å². The lowest BCUT2D eigenvalue weighted by molar-refractivity contribution is 0.555. The lowest BCUT2D eigenvalue weighted by Gasteiger charge is -2.11. The van der Waals surface area contributed by atoms with E-state index in [1.54, 1.807) is 0 Å². The number of hydrogen-bond acceptors (Lipinski definition) is 2. The molecule has 0 aliphatic carbocycles. The predicted molar refractivity (Wildman–Crippen MR) is 119 cm³/mol. The number of nitrogens with one attached hydrogen (secondary N) is 2. The Balaban J connectivity index is 0.00000312. The number of aromatic nitrogens is 2. The highest BCUT2D eigenvalue weighted by atomic mass is 127. The molecule has 0 unspecified atom stereocenters. The Morgan fingerprint density at radius 3 is 2.52 bits per heavy atom. The van der Waals surface area contributed by atoms with Crippen LogP contribution in [-0.4, -0.2) is 28.8 Å². The van der Waals surface area contributed by atoms with Crippen LogP contribution in [0.2, 0.25) is 0 Å². The number of aliphatic imine (C=N–C) groups is 1. The van der Waals surface area contributed by atoms with Gasteiger partial charge in [-0.15, -0.1) is 24.0 Å². The van der Waals surface area contributed by atoms with Crippen molar-refractivity contribution < 1.29 is 0 Å². The monoisotopic (exact) mass is 519 g/mol. The standard InChI is InChI=1S/C18H26BrN5.HI/c1-4-20-18(22-13-16-6-8-17(19)9-7-16)21-10-5-11-24-15(3)12-14(2)23-24;/h6-9,12H,4-5,10-11,13H2,1-3H3,(H2,20,21,22);1H. The van der Waals surface area contributed by atoms with Crippen LogP contribution >= 0.6 is 39.9 Å². The van der Waals surface area contributed by atoms with Crippen LogP contribution in [0.1, 0.15) is 30.3 Å². The second kappa shape index (κ2) is 11.5. The SMILES string of the molecule is CCNC(=NCc1ccc(Br)cc1)NCCCn1nc(C)cc1C.I. The normalized spacial score (nSPS) is 11.1. The van der Waals surface area contributed by atoms with Crippen molar-refractivity contribution in [1.82, 2.24) is 20.4 Å². The van der Waals surface area contributed by atoms with Crippen LogP contribution in [0.25, 0.3) is 0 Å². The van der Waals surface area contributed by atoms with Crippen LogP contribution < -0.4 is 10.6 Å². The third kappa shape index (κ3) is 7.77. The Hall–Kier alpha value is -1.09. The molecule has 25 heavy (non-hydrogen) atoms. The van der Waals surface area contributed by atoms with Gasteiger partial charge in [0.05, 0.1) is 12.2 Å². The first-order valence-corrected chi connectivity index (χ1v) is 9.15. The minimum absolute atomic E-state index is 0. The van der Waals surface area contributed by atoms with E-state index in [0.717, 1.165) is 42.2 Å². The lowest BCUT2D eigenvalue weighted by atomic mass is 10.2. The van der Waals surface area contributed by atoms with Crippen molar-refractivity contribution in [2.24, 2.45) is 4.99 Å². The van der Waals surface area contributed by atoms with E-state index in [1.807, 2.05) is 19.1 Å². The Morgan fingerprint density at radius 1 is 1.20 bits per heavy atom. The van der Waals surface area contributed by atoms with Crippen molar-refractivity contribution in [2.75, 3.05) is 13.1 Å². The maximum atomic E-state index is 4.64. The highest BCUT2D eigenvalue weighted by Gasteiger charge is 2.01. The molecule has 2 aromatic rings. The van der Waals surface area contributed by atoms with Gasteiger partial charge in [0.25, 0.3) is 0 Å². The molecule has 0 aliphatic heterocycles. The van der Waals surface area contributed by atoms with Crippen molar-refractivity contribution in [1.29, 1.82) is 0 Å². The molecule has 0 spiro atoms. The zero-order valence-corrected chi connectivity index (χ0v) is 19.0. The smallest absolute Gasteiger partial charge is 0.191 e. The topological polar surface area (TPSA) is 54.2 Å². The van der Waals surface area contributed by atoms with Crippen molar-refractivity contribution >= 4 is 45.9 Å². The zero-order chi connectivity index (χ0) is 17.4. The van der Waals surface area contributed by atoms with Crippen LogP contribution in [0, 0.1) is 13.8 Å². The molecule has 138 valence electrons. The molecule has 0 saturated heterocycles. The Kier molecular flexibility index (Phi) is 10.1. The second-order valence-electron chi connectivity index (χ2n) is 5.75. The number of guanidine groups is 1. The van der Waals surface area contributed by atoms with E-state index in [9.17, 15) is 0 Å². The quantitative estimate of drug-likeness (QED) is 0.251. The van der Waals surface area contributed by atoms with Gasteiger partial charge in [0, 0.05) is 29.8 Å². The van der Waals surface area contributed by atoms with Gasteiger partial charge in [-0.05, 0) is 51.0 Å². The van der Waals surface area contributed by atoms with E-state index in [-0.39, 0.29) is 24.0 Å². The first-order valence-electron chi connectivity index (χ1n) is 8.36. The average molecular weight is 520 g/mol. The fraction of sp³-hybridized carbons (Fsp3) is 0.444. The Labute approximate surface area is 175 Å². The summed E-state index contributed by atoms with van der Waals surface area (Å²) < 4.78 is 3.15. The Bertz CT molecular complexity index is 667. The van der Waals surface area contributed by atoms with E-state index < -0.39 is 0 Å². The largest absolute Gasteiger partial charge is 0.357 e. The molecule has 2 rings (SSSR count). The summed E-state index contributed by atoms with van der Waals surface area (Å²) in [6, 6.07) is 10.4. The van der Waals surface area contributed by atoms with Gasteiger partial charge in [-0.1, -0.05) is 28.1 Å². The van der Waals surface area contributed by atoms with E-state index in [0.29, 0.717) is 6.54 Å². The van der Waals surface area contributed by atoms with E-state index >= 15 is 0 Å². The lowest BCUT2D eigenvalue weighted by Crippen LogP contribution is -2.38. The Morgan fingerprint density at radius 2 is 1.92 bits per heavy atom. The molecule has 0 aliphatic rings. The molecule has 0 saturated carbocycles. The molecular weight excluding hydrogens is 493 g/mol. The van der Waals surface area contributed by atoms with Gasteiger partial charge in [-0.25, -0.2) is 4.99 Å². The van der Waals surface area contributed by atoms with Gasteiger partial charge in [0.2, 0.25) is 0 Å². The minimum atomic E-state index is 0. The van der Waals surface area contributed by atoms with Crippen molar-refractivity contribution in [3.05, 3.63) is 51.8 Å². The van der Waals surface area contributed by atoms with Crippen LogP contribution in [0.4, 0.5) is 0 Å². The molecule has 0 amide bonds. The van der Waals surface area contributed by atoms with Gasteiger partial charge >= 0.3 is 0 Å². The fourth-order valence-corrected chi connectivity index (χ4v) is 2.70. The summed E-state index contributed by atoms with van der Waals surface area (Å²) in [6.07, 6.45) is 1.00. The zero-order valence-electron chi connectivity index (χ0n) is 15.1. The first-order chi connectivity index (χ1) is 11.6. The average Bonchev–Trinajstić information content (AvgIpc) is 2.88. The number of benzene rings is 1. The van der Waals surface area contributed by atoms with Crippen molar-refractivity contribution in [3.8, 4) is 0 Å².